The zero-order valence-electron chi connectivity index (χ0n) is 11.0. The van der Waals surface area contributed by atoms with Crippen molar-refractivity contribution in [3.05, 3.63) is 23.8 Å². The van der Waals surface area contributed by atoms with E-state index in [1.54, 1.807) is 0 Å². The molecule has 5 heteroatoms. The van der Waals surface area contributed by atoms with Crippen LogP contribution in [0, 0.1) is 0 Å². The average Bonchev–Trinajstić information content (AvgIpc) is 2.43. The highest BCUT2D eigenvalue weighted by Crippen LogP contribution is 2.30. The van der Waals surface area contributed by atoms with Gasteiger partial charge in [-0.2, -0.15) is 0 Å². The zero-order valence-corrected chi connectivity index (χ0v) is 11.0. The van der Waals surface area contributed by atoms with Crippen molar-refractivity contribution in [3.8, 4) is 11.5 Å². The molecule has 5 nitrogen and oxygen atoms in total. The molecule has 0 aliphatic carbocycles. The minimum absolute atomic E-state index is 0.502. The van der Waals surface area contributed by atoms with Crippen LogP contribution in [0.2, 0.25) is 0 Å². The number of carboxylic acids is 1. The molecule has 1 aliphatic heterocycles. The number of aliphatic carboxylic acids is 1. The van der Waals surface area contributed by atoms with Crippen molar-refractivity contribution >= 4 is 5.97 Å². The van der Waals surface area contributed by atoms with Gasteiger partial charge in [0.25, 0.3) is 0 Å². The summed E-state index contributed by atoms with van der Waals surface area (Å²) in [6.45, 7) is 3.61. The third kappa shape index (κ3) is 3.61. The van der Waals surface area contributed by atoms with E-state index in [1.807, 2.05) is 25.1 Å². The summed E-state index contributed by atoms with van der Waals surface area (Å²) in [5.74, 6) is 0.672. The van der Waals surface area contributed by atoms with Gasteiger partial charge in [0.2, 0.25) is 0 Å². The van der Waals surface area contributed by atoms with Gasteiger partial charge in [0.15, 0.2) is 11.5 Å². The molecule has 1 aromatic rings. The van der Waals surface area contributed by atoms with E-state index < -0.39 is 12.0 Å². The summed E-state index contributed by atoms with van der Waals surface area (Å²) in [5.41, 5.74) is 0.992. The Bertz CT molecular complexity index is 447. The van der Waals surface area contributed by atoms with Crippen LogP contribution in [0.25, 0.3) is 0 Å². The highest BCUT2D eigenvalue weighted by molar-refractivity contribution is 5.73. The summed E-state index contributed by atoms with van der Waals surface area (Å²) in [4.78, 5) is 11.0. The van der Waals surface area contributed by atoms with Crippen LogP contribution in [0.3, 0.4) is 0 Å². The number of carbonyl (C=O) groups is 1. The van der Waals surface area contributed by atoms with E-state index >= 15 is 0 Å². The average molecular weight is 265 g/mol. The number of rotatable bonds is 6. The third-order valence-corrected chi connectivity index (χ3v) is 3.03. The van der Waals surface area contributed by atoms with Gasteiger partial charge in [0.05, 0.1) is 0 Å². The molecule has 0 bridgehead atoms. The van der Waals surface area contributed by atoms with Crippen molar-refractivity contribution in [3.63, 3.8) is 0 Å². The minimum Gasteiger partial charge on any atom is -0.486 e. The fourth-order valence-electron chi connectivity index (χ4n) is 2.04. The van der Waals surface area contributed by atoms with Crippen LogP contribution >= 0.6 is 0 Å². The Kier molecular flexibility index (Phi) is 4.63. The van der Waals surface area contributed by atoms with Gasteiger partial charge < -0.3 is 19.9 Å². The van der Waals surface area contributed by atoms with E-state index in [0.717, 1.165) is 23.5 Å². The van der Waals surface area contributed by atoms with Crippen LogP contribution in [0.1, 0.15) is 25.3 Å². The molecule has 19 heavy (non-hydrogen) atoms. The maximum absolute atomic E-state index is 11.0. The summed E-state index contributed by atoms with van der Waals surface area (Å²) in [6.07, 6.45) is 1.46. The number of fused-ring (bicyclic) bond motifs is 1. The van der Waals surface area contributed by atoms with E-state index in [4.69, 9.17) is 14.6 Å². The van der Waals surface area contributed by atoms with Gasteiger partial charge in [0.1, 0.15) is 19.3 Å². The molecule has 1 aliphatic rings. The first kappa shape index (κ1) is 13.7. The van der Waals surface area contributed by atoms with Crippen molar-refractivity contribution in [1.82, 2.24) is 5.32 Å². The van der Waals surface area contributed by atoms with Crippen molar-refractivity contribution in [2.45, 2.75) is 32.4 Å². The molecule has 104 valence electrons. The summed E-state index contributed by atoms with van der Waals surface area (Å²) < 4.78 is 10.9. The first-order valence-electron chi connectivity index (χ1n) is 6.55. The maximum atomic E-state index is 11.0. The first-order valence-corrected chi connectivity index (χ1v) is 6.55. The standard InChI is InChI=1S/C14H19NO4/c1-2-3-11(14(16)17)15-9-10-4-5-12-13(8-10)19-7-6-18-12/h4-5,8,11,15H,2-3,6-7,9H2,1H3,(H,16,17). The second-order valence-electron chi connectivity index (χ2n) is 4.54. The van der Waals surface area contributed by atoms with Gasteiger partial charge in [-0.15, -0.1) is 0 Å². The molecule has 1 unspecified atom stereocenters. The number of nitrogens with one attached hydrogen (secondary N) is 1. The molecule has 2 N–H and O–H groups in total. The predicted octanol–water partition coefficient (Wildman–Crippen LogP) is 1.80. The summed E-state index contributed by atoms with van der Waals surface area (Å²) >= 11 is 0. The minimum atomic E-state index is -0.806. The zero-order chi connectivity index (χ0) is 13.7. The summed E-state index contributed by atoms with van der Waals surface area (Å²) in [5, 5.41) is 12.1. The van der Waals surface area contributed by atoms with Crippen LogP contribution in [0.4, 0.5) is 0 Å². The lowest BCUT2D eigenvalue weighted by Gasteiger charge is -2.19. The molecule has 1 aromatic carbocycles. The van der Waals surface area contributed by atoms with E-state index in [-0.39, 0.29) is 0 Å². The Morgan fingerprint density at radius 3 is 2.79 bits per heavy atom. The second kappa shape index (κ2) is 6.43. The SMILES string of the molecule is CCCC(NCc1ccc2c(c1)OCCO2)C(=O)O. The molecule has 2 rings (SSSR count). The van der Waals surface area contributed by atoms with Crippen molar-refractivity contribution in [2.24, 2.45) is 0 Å². The predicted molar refractivity (Wildman–Crippen MR) is 70.6 cm³/mol. The van der Waals surface area contributed by atoms with E-state index in [2.05, 4.69) is 5.32 Å². The lowest BCUT2D eigenvalue weighted by molar-refractivity contribution is -0.139. The summed E-state index contributed by atoms with van der Waals surface area (Å²) in [7, 11) is 0. The molecule has 1 heterocycles. The summed E-state index contributed by atoms with van der Waals surface area (Å²) in [6, 6.07) is 5.18. The topological polar surface area (TPSA) is 67.8 Å². The largest absolute Gasteiger partial charge is 0.486 e. The number of hydrogen-bond acceptors (Lipinski definition) is 4. The lowest BCUT2D eigenvalue weighted by Crippen LogP contribution is -2.36. The number of ether oxygens (including phenoxy) is 2. The Hall–Kier alpha value is -1.75. The molecule has 0 aromatic heterocycles. The van der Waals surface area contributed by atoms with E-state index in [0.29, 0.717) is 26.2 Å². The van der Waals surface area contributed by atoms with Gasteiger partial charge in [0, 0.05) is 6.54 Å². The highest BCUT2D eigenvalue weighted by Gasteiger charge is 2.16. The monoisotopic (exact) mass is 265 g/mol. The van der Waals surface area contributed by atoms with Crippen LogP contribution in [0.5, 0.6) is 11.5 Å². The van der Waals surface area contributed by atoms with Crippen LogP contribution < -0.4 is 14.8 Å². The van der Waals surface area contributed by atoms with Crippen LogP contribution in [-0.4, -0.2) is 30.3 Å². The van der Waals surface area contributed by atoms with Crippen LogP contribution in [0.15, 0.2) is 18.2 Å². The molecule has 0 saturated carbocycles. The molecule has 0 amide bonds. The smallest absolute Gasteiger partial charge is 0.320 e. The molecule has 0 fully saturated rings. The third-order valence-electron chi connectivity index (χ3n) is 3.03. The number of carboxylic acid groups (broad SMARTS) is 1. The number of hydrogen-bond donors (Lipinski definition) is 2. The van der Waals surface area contributed by atoms with Gasteiger partial charge in [-0.25, -0.2) is 0 Å². The Balaban J connectivity index is 1.97. The van der Waals surface area contributed by atoms with Crippen molar-refractivity contribution < 1.29 is 19.4 Å². The second-order valence-corrected chi connectivity index (χ2v) is 4.54. The Morgan fingerprint density at radius 2 is 2.11 bits per heavy atom. The molecule has 1 atom stereocenters. The quantitative estimate of drug-likeness (QED) is 0.821. The van der Waals surface area contributed by atoms with Crippen molar-refractivity contribution in [1.29, 1.82) is 0 Å². The van der Waals surface area contributed by atoms with Gasteiger partial charge in [-0.05, 0) is 24.1 Å². The number of benzene rings is 1. The van der Waals surface area contributed by atoms with Gasteiger partial charge in [-0.1, -0.05) is 19.4 Å². The fraction of sp³-hybridized carbons (Fsp3) is 0.500. The molecular formula is C14H19NO4. The molecule has 0 spiro atoms. The molecule has 0 radical (unpaired) electrons. The van der Waals surface area contributed by atoms with Crippen LogP contribution in [-0.2, 0) is 11.3 Å². The maximum Gasteiger partial charge on any atom is 0.320 e. The first-order chi connectivity index (χ1) is 9.20. The van der Waals surface area contributed by atoms with Crippen molar-refractivity contribution in [2.75, 3.05) is 13.2 Å². The normalized spacial score (nSPS) is 15.0. The Labute approximate surface area is 112 Å². The van der Waals surface area contributed by atoms with Gasteiger partial charge in [-0.3, -0.25) is 4.79 Å². The highest BCUT2D eigenvalue weighted by atomic mass is 16.6. The lowest BCUT2D eigenvalue weighted by atomic mass is 10.1. The molecule has 0 saturated heterocycles. The Morgan fingerprint density at radius 1 is 1.37 bits per heavy atom. The fourth-order valence-corrected chi connectivity index (χ4v) is 2.04. The van der Waals surface area contributed by atoms with E-state index in [9.17, 15) is 4.79 Å². The molecular weight excluding hydrogens is 246 g/mol. The van der Waals surface area contributed by atoms with E-state index in [1.165, 1.54) is 0 Å². The van der Waals surface area contributed by atoms with Gasteiger partial charge >= 0.3 is 5.97 Å².